The average Bonchev–Trinajstić information content (AvgIpc) is 2.36. The summed E-state index contributed by atoms with van der Waals surface area (Å²) in [6.07, 6.45) is -1.67. The zero-order valence-corrected chi connectivity index (χ0v) is 12.0. The van der Waals surface area contributed by atoms with Crippen molar-refractivity contribution in [1.82, 2.24) is 5.32 Å². The first-order valence-corrected chi connectivity index (χ1v) is 6.93. The maximum absolute atomic E-state index is 12.7. The number of hydrogen-bond acceptors (Lipinski definition) is 2. The fraction of sp³-hybridized carbons (Fsp3) is 0.600. The second kappa shape index (κ2) is 8.15. The molecule has 1 aromatic carbocycles. The molecular weight excluding hydrogens is 267 g/mol. The Labute approximate surface area is 118 Å². The average molecular weight is 289 g/mol. The molecular formula is C15H22F3NO. The Hall–Kier alpha value is -1.23. The molecule has 0 atom stereocenters. The fourth-order valence-corrected chi connectivity index (χ4v) is 1.80. The third-order valence-electron chi connectivity index (χ3n) is 2.82. The summed E-state index contributed by atoms with van der Waals surface area (Å²) < 4.78 is 43.4. The number of benzene rings is 1. The summed E-state index contributed by atoms with van der Waals surface area (Å²) in [4.78, 5) is 0. The number of hydrogen-bond donors (Lipinski definition) is 1. The summed E-state index contributed by atoms with van der Waals surface area (Å²) in [5.74, 6) is -0.0831. The summed E-state index contributed by atoms with van der Waals surface area (Å²) in [5, 5.41) is 3.29. The van der Waals surface area contributed by atoms with Crippen LogP contribution in [0.25, 0.3) is 0 Å². The molecule has 0 bridgehead atoms. The van der Waals surface area contributed by atoms with Gasteiger partial charge in [0, 0.05) is 6.04 Å². The number of rotatable bonds is 8. The second-order valence-electron chi connectivity index (χ2n) is 5.01. The number of para-hydroxylation sites is 1. The quantitative estimate of drug-likeness (QED) is 0.722. The molecule has 0 unspecified atom stereocenters. The standard InChI is InChI=1S/C15H22F3NO/c1-12(2)19-10-6-3-7-11-20-14-9-5-4-8-13(14)15(16,17)18/h4-5,8-9,12,19H,3,6-7,10-11H2,1-2H3. The zero-order chi connectivity index (χ0) is 15.0. The molecule has 2 nitrogen and oxygen atoms in total. The van der Waals surface area contributed by atoms with Gasteiger partial charge in [-0.05, 0) is 37.9 Å². The van der Waals surface area contributed by atoms with Gasteiger partial charge in [-0.15, -0.1) is 0 Å². The summed E-state index contributed by atoms with van der Waals surface area (Å²) in [5.41, 5.74) is -0.707. The minimum absolute atomic E-state index is 0.0831. The minimum Gasteiger partial charge on any atom is -0.493 e. The van der Waals surface area contributed by atoms with Gasteiger partial charge in [0.05, 0.1) is 12.2 Å². The molecule has 0 saturated carbocycles. The van der Waals surface area contributed by atoms with Crippen LogP contribution in [0.5, 0.6) is 5.75 Å². The monoisotopic (exact) mass is 289 g/mol. The smallest absolute Gasteiger partial charge is 0.419 e. The van der Waals surface area contributed by atoms with Crippen LogP contribution in [0.1, 0.15) is 38.7 Å². The molecule has 114 valence electrons. The SMILES string of the molecule is CC(C)NCCCCCOc1ccccc1C(F)(F)F. The zero-order valence-electron chi connectivity index (χ0n) is 12.0. The second-order valence-corrected chi connectivity index (χ2v) is 5.01. The Morgan fingerprint density at radius 1 is 1.10 bits per heavy atom. The van der Waals surface area contributed by atoms with E-state index in [0.29, 0.717) is 12.6 Å². The molecule has 0 radical (unpaired) electrons. The molecule has 0 amide bonds. The highest BCUT2D eigenvalue weighted by molar-refractivity contribution is 5.35. The Kier molecular flexibility index (Phi) is 6.85. The van der Waals surface area contributed by atoms with Crippen LogP contribution < -0.4 is 10.1 Å². The lowest BCUT2D eigenvalue weighted by Crippen LogP contribution is -2.23. The largest absolute Gasteiger partial charge is 0.493 e. The van der Waals surface area contributed by atoms with Gasteiger partial charge in [0.2, 0.25) is 0 Å². The van der Waals surface area contributed by atoms with Crippen molar-refractivity contribution in [3.05, 3.63) is 29.8 Å². The van der Waals surface area contributed by atoms with Crippen molar-refractivity contribution in [2.24, 2.45) is 0 Å². The van der Waals surface area contributed by atoms with E-state index >= 15 is 0 Å². The predicted octanol–water partition coefficient (Wildman–Crippen LogP) is 4.25. The minimum atomic E-state index is -4.36. The van der Waals surface area contributed by atoms with Crippen molar-refractivity contribution < 1.29 is 17.9 Å². The van der Waals surface area contributed by atoms with Gasteiger partial charge < -0.3 is 10.1 Å². The molecule has 0 saturated heterocycles. The molecule has 0 aliphatic carbocycles. The molecule has 1 N–H and O–H groups in total. The molecule has 0 aromatic heterocycles. The van der Waals surface area contributed by atoms with Gasteiger partial charge >= 0.3 is 6.18 Å². The first-order valence-electron chi connectivity index (χ1n) is 6.93. The van der Waals surface area contributed by atoms with E-state index < -0.39 is 11.7 Å². The number of nitrogens with one attached hydrogen (secondary N) is 1. The van der Waals surface area contributed by atoms with Crippen LogP contribution in [0.4, 0.5) is 13.2 Å². The van der Waals surface area contributed by atoms with Gasteiger partial charge in [-0.1, -0.05) is 26.0 Å². The van der Waals surface area contributed by atoms with Gasteiger partial charge in [0.1, 0.15) is 5.75 Å². The first kappa shape index (κ1) is 16.8. The van der Waals surface area contributed by atoms with Crippen molar-refractivity contribution in [2.75, 3.05) is 13.2 Å². The molecule has 5 heteroatoms. The fourth-order valence-electron chi connectivity index (χ4n) is 1.80. The van der Waals surface area contributed by atoms with Crippen molar-refractivity contribution in [3.63, 3.8) is 0 Å². The van der Waals surface area contributed by atoms with Crippen LogP contribution in [-0.4, -0.2) is 19.2 Å². The van der Waals surface area contributed by atoms with E-state index in [0.717, 1.165) is 31.9 Å². The number of alkyl halides is 3. The first-order chi connectivity index (χ1) is 9.41. The van der Waals surface area contributed by atoms with Crippen molar-refractivity contribution in [1.29, 1.82) is 0 Å². The molecule has 0 fully saturated rings. The molecule has 1 rings (SSSR count). The summed E-state index contributed by atoms with van der Waals surface area (Å²) in [7, 11) is 0. The topological polar surface area (TPSA) is 21.3 Å². The highest BCUT2D eigenvalue weighted by atomic mass is 19.4. The molecule has 1 aromatic rings. The normalized spacial score (nSPS) is 11.9. The van der Waals surface area contributed by atoms with Crippen LogP contribution in [0.15, 0.2) is 24.3 Å². The molecule has 20 heavy (non-hydrogen) atoms. The van der Waals surface area contributed by atoms with Crippen molar-refractivity contribution >= 4 is 0 Å². The van der Waals surface area contributed by atoms with Crippen LogP contribution in [-0.2, 0) is 6.18 Å². The lowest BCUT2D eigenvalue weighted by Gasteiger charge is -2.13. The lowest BCUT2D eigenvalue weighted by molar-refractivity contribution is -0.138. The van der Waals surface area contributed by atoms with Gasteiger partial charge in [-0.2, -0.15) is 13.2 Å². The molecule has 0 aliphatic heterocycles. The summed E-state index contributed by atoms with van der Waals surface area (Å²) in [6, 6.07) is 5.79. The number of unbranched alkanes of at least 4 members (excludes halogenated alkanes) is 2. The van der Waals surface area contributed by atoms with Crippen LogP contribution in [0.2, 0.25) is 0 Å². The third kappa shape index (κ3) is 6.28. The number of halogens is 3. The summed E-state index contributed by atoms with van der Waals surface area (Å²) in [6.45, 7) is 5.40. The highest BCUT2D eigenvalue weighted by Crippen LogP contribution is 2.35. The Morgan fingerprint density at radius 3 is 2.45 bits per heavy atom. The third-order valence-corrected chi connectivity index (χ3v) is 2.82. The van der Waals surface area contributed by atoms with Gasteiger partial charge in [-0.3, -0.25) is 0 Å². The van der Waals surface area contributed by atoms with E-state index in [1.807, 2.05) is 0 Å². The maximum atomic E-state index is 12.7. The predicted molar refractivity (Wildman–Crippen MR) is 73.9 cm³/mol. The van der Waals surface area contributed by atoms with Crippen LogP contribution in [0.3, 0.4) is 0 Å². The Bertz CT molecular complexity index is 391. The van der Waals surface area contributed by atoms with E-state index in [9.17, 15) is 13.2 Å². The molecule has 0 spiro atoms. The van der Waals surface area contributed by atoms with Crippen LogP contribution >= 0.6 is 0 Å². The Balaban J connectivity index is 2.29. The lowest BCUT2D eigenvalue weighted by atomic mass is 10.2. The van der Waals surface area contributed by atoms with E-state index in [4.69, 9.17) is 4.74 Å². The van der Waals surface area contributed by atoms with Gasteiger partial charge in [-0.25, -0.2) is 0 Å². The van der Waals surface area contributed by atoms with Gasteiger partial charge in [0.25, 0.3) is 0 Å². The van der Waals surface area contributed by atoms with E-state index in [2.05, 4.69) is 19.2 Å². The van der Waals surface area contributed by atoms with Crippen molar-refractivity contribution in [3.8, 4) is 5.75 Å². The van der Waals surface area contributed by atoms with E-state index in [1.54, 1.807) is 6.07 Å². The van der Waals surface area contributed by atoms with E-state index in [1.165, 1.54) is 12.1 Å². The Morgan fingerprint density at radius 2 is 1.80 bits per heavy atom. The highest BCUT2D eigenvalue weighted by Gasteiger charge is 2.33. The van der Waals surface area contributed by atoms with Crippen LogP contribution in [0, 0.1) is 0 Å². The van der Waals surface area contributed by atoms with Crippen molar-refractivity contribution in [2.45, 2.75) is 45.3 Å². The summed E-state index contributed by atoms with van der Waals surface area (Å²) >= 11 is 0. The maximum Gasteiger partial charge on any atom is 0.419 e. The number of ether oxygens (including phenoxy) is 1. The molecule has 0 heterocycles. The van der Waals surface area contributed by atoms with Gasteiger partial charge in [0.15, 0.2) is 0 Å². The molecule has 0 aliphatic rings. The van der Waals surface area contributed by atoms with E-state index in [-0.39, 0.29) is 5.75 Å².